The van der Waals surface area contributed by atoms with Crippen LogP contribution in [0.4, 0.5) is 5.69 Å². The normalized spacial score (nSPS) is 14.2. The lowest BCUT2D eigenvalue weighted by molar-refractivity contribution is -0.384. The Bertz CT molecular complexity index is 468. The first-order valence-electron chi connectivity index (χ1n) is 5.36. The molecule has 2 unspecified atom stereocenters. The average Bonchev–Trinajstić information content (AvgIpc) is 2.26. The van der Waals surface area contributed by atoms with Crippen molar-refractivity contribution in [1.29, 1.82) is 0 Å². The number of hydrogen-bond donors (Lipinski definition) is 1. The van der Waals surface area contributed by atoms with Gasteiger partial charge in [-0.3, -0.25) is 14.3 Å². The van der Waals surface area contributed by atoms with Gasteiger partial charge in [-0.15, -0.1) is 0 Å². The topological polar surface area (TPSA) is 72.2 Å². The summed E-state index contributed by atoms with van der Waals surface area (Å²) < 4.78 is 11.0. The molecular formula is C11H15ClN2O3S. The van der Waals surface area contributed by atoms with Gasteiger partial charge in [0.2, 0.25) is 0 Å². The Morgan fingerprint density at radius 3 is 2.72 bits per heavy atom. The minimum absolute atomic E-state index is 0.0218. The van der Waals surface area contributed by atoms with E-state index in [1.165, 1.54) is 12.1 Å². The summed E-state index contributed by atoms with van der Waals surface area (Å²) in [5, 5.41) is 14.1. The van der Waals surface area contributed by atoms with E-state index in [9.17, 15) is 14.3 Å². The summed E-state index contributed by atoms with van der Waals surface area (Å²) in [5.41, 5.74) is 0.766. The molecular weight excluding hydrogens is 276 g/mol. The highest BCUT2D eigenvalue weighted by molar-refractivity contribution is 7.84. The van der Waals surface area contributed by atoms with Crippen LogP contribution in [0.5, 0.6) is 0 Å². The number of rotatable bonds is 6. The molecule has 0 radical (unpaired) electrons. The fourth-order valence-electron chi connectivity index (χ4n) is 1.49. The summed E-state index contributed by atoms with van der Waals surface area (Å²) in [6.45, 7) is 2.43. The van der Waals surface area contributed by atoms with Gasteiger partial charge < -0.3 is 5.32 Å². The Morgan fingerprint density at radius 1 is 1.56 bits per heavy atom. The van der Waals surface area contributed by atoms with Crippen LogP contribution in [0.25, 0.3) is 0 Å². The molecule has 1 N–H and O–H groups in total. The summed E-state index contributed by atoms with van der Waals surface area (Å²) in [4.78, 5) is 10.1. The van der Waals surface area contributed by atoms with Crippen LogP contribution in [0, 0.1) is 10.1 Å². The quantitative estimate of drug-likeness (QED) is 0.643. The molecule has 1 aromatic carbocycles. The minimum atomic E-state index is -0.854. The van der Waals surface area contributed by atoms with Crippen molar-refractivity contribution in [3.63, 3.8) is 0 Å². The van der Waals surface area contributed by atoms with E-state index in [2.05, 4.69) is 5.32 Å². The molecule has 7 heteroatoms. The van der Waals surface area contributed by atoms with Crippen molar-refractivity contribution < 1.29 is 9.13 Å². The number of nitrogens with one attached hydrogen (secondary N) is 1. The number of nitro benzene ring substituents is 1. The molecule has 0 fully saturated rings. The standard InChI is InChI=1S/C11H15ClN2O3S/c1-8(7-18(2)17)13-6-9-3-4-10(14(15)16)5-11(9)12/h3-5,8,13H,6-7H2,1-2H3. The average molecular weight is 291 g/mol. The predicted molar refractivity (Wildman–Crippen MR) is 73.3 cm³/mol. The Hall–Kier alpha value is -0.980. The van der Waals surface area contributed by atoms with E-state index in [-0.39, 0.29) is 11.7 Å². The largest absolute Gasteiger partial charge is 0.309 e. The van der Waals surface area contributed by atoms with E-state index < -0.39 is 15.7 Å². The first-order chi connectivity index (χ1) is 8.40. The van der Waals surface area contributed by atoms with Crippen molar-refractivity contribution in [1.82, 2.24) is 5.32 Å². The Morgan fingerprint density at radius 2 is 2.22 bits per heavy atom. The zero-order chi connectivity index (χ0) is 13.7. The van der Waals surface area contributed by atoms with E-state index in [0.29, 0.717) is 17.3 Å². The van der Waals surface area contributed by atoms with Crippen molar-refractivity contribution >= 4 is 28.1 Å². The second-order valence-corrected chi connectivity index (χ2v) is 5.94. The van der Waals surface area contributed by atoms with Crippen molar-refractivity contribution in [2.45, 2.75) is 19.5 Å². The van der Waals surface area contributed by atoms with Crippen LogP contribution in [0.3, 0.4) is 0 Å². The van der Waals surface area contributed by atoms with Gasteiger partial charge in [0.25, 0.3) is 5.69 Å². The zero-order valence-electron chi connectivity index (χ0n) is 10.2. The summed E-state index contributed by atoms with van der Waals surface area (Å²) in [6.07, 6.45) is 1.65. The third kappa shape index (κ3) is 4.72. The molecule has 0 aliphatic heterocycles. The molecule has 0 bridgehead atoms. The van der Waals surface area contributed by atoms with Gasteiger partial charge in [0, 0.05) is 47.5 Å². The van der Waals surface area contributed by atoms with Gasteiger partial charge in [-0.1, -0.05) is 11.6 Å². The first-order valence-corrected chi connectivity index (χ1v) is 7.47. The lowest BCUT2D eigenvalue weighted by atomic mass is 10.2. The highest BCUT2D eigenvalue weighted by atomic mass is 35.5. The molecule has 0 amide bonds. The van der Waals surface area contributed by atoms with Gasteiger partial charge in [-0.2, -0.15) is 0 Å². The minimum Gasteiger partial charge on any atom is -0.309 e. The van der Waals surface area contributed by atoms with Crippen molar-refractivity contribution in [3.05, 3.63) is 38.9 Å². The van der Waals surface area contributed by atoms with Crippen LogP contribution in [0.2, 0.25) is 5.02 Å². The molecule has 0 spiro atoms. The van der Waals surface area contributed by atoms with Crippen LogP contribution in [0.1, 0.15) is 12.5 Å². The third-order valence-corrected chi connectivity index (χ3v) is 3.69. The third-order valence-electron chi connectivity index (χ3n) is 2.37. The van der Waals surface area contributed by atoms with Gasteiger partial charge in [0.05, 0.1) is 9.95 Å². The van der Waals surface area contributed by atoms with Crippen LogP contribution in [-0.4, -0.2) is 27.2 Å². The van der Waals surface area contributed by atoms with Crippen molar-refractivity contribution in [3.8, 4) is 0 Å². The number of nitrogens with zero attached hydrogens (tertiary/aromatic N) is 1. The number of nitro groups is 1. The molecule has 0 aliphatic rings. The molecule has 0 heterocycles. The first kappa shape index (κ1) is 15.1. The highest BCUT2D eigenvalue weighted by Crippen LogP contribution is 2.22. The smallest absolute Gasteiger partial charge is 0.270 e. The molecule has 5 nitrogen and oxygen atoms in total. The summed E-state index contributed by atoms with van der Waals surface area (Å²) in [6, 6.07) is 4.48. The molecule has 0 saturated heterocycles. The SMILES string of the molecule is CC(CS(C)=O)NCc1ccc([N+](=O)[O-])cc1Cl. The Labute approximate surface area is 113 Å². The Kier molecular flexibility index (Phi) is 5.71. The number of halogens is 1. The van der Waals surface area contributed by atoms with Crippen LogP contribution >= 0.6 is 11.6 Å². The fourth-order valence-corrected chi connectivity index (χ4v) is 2.55. The summed E-state index contributed by atoms with van der Waals surface area (Å²) in [7, 11) is -0.854. The van der Waals surface area contributed by atoms with Gasteiger partial charge >= 0.3 is 0 Å². The maximum atomic E-state index is 11.0. The van der Waals surface area contributed by atoms with E-state index >= 15 is 0 Å². The fraction of sp³-hybridized carbons (Fsp3) is 0.455. The second kappa shape index (κ2) is 6.82. The lowest BCUT2D eigenvalue weighted by Crippen LogP contribution is -2.30. The van der Waals surface area contributed by atoms with Crippen molar-refractivity contribution in [2.75, 3.05) is 12.0 Å². The van der Waals surface area contributed by atoms with Gasteiger partial charge in [-0.25, -0.2) is 0 Å². The summed E-state index contributed by atoms with van der Waals surface area (Å²) in [5.74, 6) is 0.560. The van der Waals surface area contributed by atoms with Crippen LogP contribution < -0.4 is 5.32 Å². The van der Waals surface area contributed by atoms with Gasteiger partial charge in [0.1, 0.15) is 0 Å². The summed E-state index contributed by atoms with van der Waals surface area (Å²) >= 11 is 5.96. The molecule has 1 rings (SSSR count). The predicted octanol–water partition coefficient (Wildman–Crippen LogP) is 2.10. The van der Waals surface area contributed by atoms with E-state index in [1.54, 1.807) is 12.3 Å². The molecule has 2 atom stereocenters. The number of hydrogen-bond acceptors (Lipinski definition) is 4. The van der Waals surface area contributed by atoms with E-state index in [4.69, 9.17) is 11.6 Å². The van der Waals surface area contributed by atoms with Crippen LogP contribution in [-0.2, 0) is 17.3 Å². The van der Waals surface area contributed by atoms with E-state index in [1.807, 2.05) is 6.92 Å². The van der Waals surface area contributed by atoms with E-state index in [0.717, 1.165) is 5.56 Å². The van der Waals surface area contributed by atoms with Gasteiger partial charge in [-0.05, 0) is 18.6 Å². The van der Waals surface area contributed by atoms with Crippen molar-refractivity contribution in [2.24, 2.45) is 0 Å². The molecule has 1 aromatic rings. The molecule has 0 aromatic heterocycles. The van der Waals surface area contributed by atoms with Gasteiger partial charge in [0.15, 0.2) is 0 Å². The highest BCUT2D eigenvalue weighted by Gasteiger charge is 2.10. The monoisotopic (exact) mass is 290 g/mol. The number of non-ortho nitro benzene ring substituents is 1. The molecule has 0 aliphatic carbocycles. The second-order valence-electron chi connectivity index (χ2n) is 4.05. The number of benzene rings is 1. The van der Waals surface area contributed by atoms with Crippen LogP contribution in [0.15, 0.2) is 18.2 Å². The zero-order valence-corrected chi connectivity index (χ0v) is 11.8. The lowest BCUT2D eigenvalue weighted by Gasteiger charge is -2.12. The maximum Gasteiger partial charge on any atom is 0.270 e. The molecule has 100 valence electrons. The maximum absolute atomic E-state index is 11.0. The Balaban J connectivity index is 2.63. The molecule has 18 heavy (non-hydrogen) atoms. The molecule has 0 saturated carbocycles.